The number of alkyl carbamates (subject to hydrolysis) is 1. The Balaban J connectivity index is 1.27. The van der Waals surface area contributed by atoms with E-state index in [0.717, 1.165) is 30.4 Å². The van der Waals surface area contributed by atoms with Gasteiger partial charge in [-0.3, -0.25) is 9.59 Å². The van der Waals surface area contributed by atoms with Crippen LogP contribution in [0.4, 0.5) is 4.79 Å². The first-order chi connectivity index (χ1) is 16.9. The predicted molar refractivity (Wildman–Crippen MR) is 130 cm³/mol. The molecule has 0 aromatic heterocycles. The van der Waals surface area contributed by atoms with Crippen molar-refractivity contribution in [2.45, 2.75) is 44.1 Å². The highest BCUT2D eigenvalue weighted by Gasteiger charge is 2.39. The Morgan fingerprint density at radius 3 is 2.20 bits per heavy atom. The number of fused-ring (bicyclic) bond motifs is 3. The Morgan fingerprint density at radius 1 is 1.03 bits per heavy atom. The number of hydrogen-bond acceptors (Lipinski definition) is 5. The summed E-state index contributed by atoms with van der Waals surface area (Å²) in [6, 6.07) is 16.4. The van der Waals surface area contributed by atoms with Gasteiger partial charge >= 0.3 is 12.1 Å². The second-order valence-corrected chi connectivity index (χ2v) is 9.47. The fourth-order valence-electron chi connectivity index (χ4n) is 5.07. The van der Waals surface area contributed by atoms with Crippen LogP contribution in [0.25, 0.3) is 11.1 Å². The molecule has 8 nitrogen and oxygen atoms in total. The molecule has 1 saturated carbocycles. The van der Waals surface area contributed by atoms with Crippen LogP contribution < -0.4 is 10.6 Å². The van der Waals surface area contributed by atoms with Crippen molar-refractivity contribution in [1.29, 1.82) is 0 Å². The summed E-state index contributed by atoms with van der Waals surface area (Å²) in [6.07, 6.45) is 1.71. The molecule has 0 spiro atoms. The average molecular weight is 481 g/mol. The Morgan fingerprint density at radius 2 is 1.66 bits per heavy atom. The zero-order valence-electron chi connectivity index (χ0n) is 19.9. The summed E-state index contributed by atoms with van der Waals surface area (Å²) in [7, 11) is 1.42. The molecule has 3 N–H and O–H groups in total. The lowest BCUT2D eigenvalue weighted by atomic mass is 9.66. The molecule has 2 aliphatic carbocycles. The van der Waals surface area contributed by atoms with Crippen molar-refractivity contribution < 1.29 is 29.0 Å². The second-order valence-electron chi connectivity index (χ2n) is 9.47. The minimum absolute atomic E-state index is 0.00359. The maximum atomic E-state index is 12.5. The van der Waals surface area contributed by atoms with E-state index in [1.165, 1.54) is 18.2 Å². The van der Waals surface area contributed by atoms with Crippen molar-refractivity contribution in [2.24, 2.45) is 5.41 Å². The van der Waals surface area contributed by atoms with Crippen LogP contribution in [-0.4, -0.2) is 56.0 Å². The predicted octanol–water partition coefficient (Wildman–Crippen LogP) is 3.69. The Kier molecular flexibility index (Phi) is 7.70. The van der Waals surface area contributed by atoms with Crippen LogP contribution in [-0.2, 0) is 19.1 Å². The molecule has 186 valence electrons. The fraction of sp³-hybridized carbons (Fsp3) is 0.444. The zero-order valence-corrected chi connectivity index (χ0v) is 19.9. The van der Waals surface area contributed by atoms with Gasteiger partial charge in [-0.15, -0.1) is 0 Å². The smallest absolute Gasteiger partial charge is 0.407 e. The topological polar surface area (TPSA) is 114 Å². The van der Waals surface area contributed by atoms with Gasteiger partial charge in [0, 0.05) is 32.5 Å². The minimum Gasteiger partial charge on any atom is -0.481 e. The van der Waals surface area contributed by atoms with E-state index in [2.05, 4.69) is 34.9 Å². The number of carboxylic acid groups (broad SMARTS) is 1. The van der Waals surface area contributed by atoms with Gasteiger partial charge in [0.1, 0.15) is 6.61 Å². The van der Waals surface area contributed by atoms with Gasteiger partial charge in [-0.2, -0.15) is 0 Å². The standard InChI is InChI=1S/C27H32N2O6/c1-34-18(13-25(31)32)15-28-24(30)14-27(11-6-12-27)17-29-26(33)35-16-23-21-9-4-2-7-19(21)20-8-3-5-10-22(20)23/h2-5,7-10,18,23H,6,11-17H2,1H3,(H,28,30)(H,29,33)(H,31,32). The number of carboxylic acids is 1. The number of hydrogen-bond donors (Lipinski definition) is 3. The SMILES string of the molecule is COC(CNC(=O)CC1(CNC(=O)OCC2c3ccccc3-c3ccccc32)CCC1)CC(=O)O. The summed E-state index contributed by atoms with van der Waals surface area (Å²) < 4.78 is 10.7. The maximum absolute atomic E-state index is 12.5. The Hall–Kier alpha value is -3.39. The highest BCUT2D eigenvalue weighted by atomic mass is 16.5. The molecule has 35 heavy (non-hydrogen) atoms. The lowest BCUT2D eigenvalue weighted by molar-refractivity contribution is -0.140. The first-order valence-electron chi connectivity index (χ1n) is 12.0. The number of rotatable bonds is 11. The van der Waals surface area contributed by atoms with Crippen LogP contribution in [0.15, 0.2) is 48.5 Å². The Bertz CT molecular complexity index is 1040. The monoisotopic (exact) mass is 480 g/mol. The van der Waals surface area contributed by atoms with Gasteiger partial charge in [-0.25, -0.2) is 4.79 Å². The number of aliphatic carboxylic acids is 1. The van der Waals surface area contributed by atoms with Gasteiger partial charge < -0.3 is 25.2 Å². The third-order valence-corrected chi connectivity index (χ3v) is 7.16. The van der Waals surface area contributed by atoms with Crippen LogP contribution in [0.3, 0.4) is 0 Å². The van der Waals surface area contributed by atoms with Crippen molar-refractivity contribution >= 4 is 18.0 Å². The lowest BCUT2D eigenvalue weighted by Gasteiger charge is -2.41. The van der Waals surface area contributed by atoms with Crippen LogP contribution in [0, 0.1) is 5.41 Å². The van der Waals surface area contributed by atoms with E-state index in [4.69, 9.17) is 14.6 Å². The van der Waals surface area contributed by atoms with Gasteiger partial charge in [-0.1, -0.05) is 55.0 Å². The first-order valence-corrected chi connectivity index (χ1v) is 12.0. The Labute approximate surface area is 205 Å². The number of carbonyl (C=O) groups is 3. The molecule has 1 unspecified atom stereocenters. The number of methoxy groups -OCH3 is 1. The van der Waals surface area contributed by atoms with Gasteiger partial charge in [0.05, 0.1) is 12.5 Å². The molecular weight excluding hydrogens is 448 g/mol. The van der Waals surface area contributed by atoms with Crippen LogP contribution in [0.2, 0.25) is 0 Å². The minimum atomic E-state index is -0.978. The van der Waals surface area contributed by atoms with E-state index < -0.39 is 18.2 Å². The number of benzene rings is 2. The third-order valence-electron chi connectivity index (χ3n) is 7.16. The molecule has 0 radical (unpaired) electrons. The van der Waals surface area contributed by atoms with Crippen molar-refractivity contribution in [2.75, 3.05) is 26.8 Å². The van der Waals surface area contributed by atoms with Crippen LogP contribution in [0.1, 0.15) is 49.1 Å². The van der Waals surface area contributed by atoms with Crippen molar-refractivity contribution in [3.05, 3.63) is 59.7 Å². The molecule has 1 fully saturated rings. The normalized spacial score (nSPS) is 16.4. The molecule has 0 bridgehead atoms. The summed E-state index contributed by atoms with van der Waals surface area (Å²) in [5, 5.41) is 14.5. The zero-order chi connectivity index (χ0) is 24.8. The number of ether oxygens (including phenoxy) is 2. The molecule has 2 aliphatic rings. The number of carbonyl (C=O) groups excluding carboxylic acids is 2. The molecule has 8 heteroatoms. The van der Waals surface area contributed by atoms with E-state index in [1.807, 2.05) is 24.3 Å². The van der Waals surface area contributed by atoms with Crippen molar-refractivity contribution in [1.82, 2.24) is 10.6 Å². The van der Waals surface area contributed by atoms with E-state index >= 15 is 0 Å². The second kappa shape index (κ2) is 10.9. The van der Waals surface area contributed by atoms with Crippen molar-refractivity contribution in [3.63, 3.8) is 0 Å². The van der Waals surface area contributed by atoms with E-state index in [1.54, 1.807) is 0 Å². The van der Waals surface area contributed by atoms with Gasteiger partial charge in [0.2, 0.25) is 5.91 Å². The number of nitrogens with one attached hydrogen (secondary N) is 2. The summed E-state index contributed by atoms with van der Waals surface area (Å²) in [6.45, 7) is 0.743. The highest BCUT2D eigenvalue weighted by Crippen LogP contribution is 2.45. The number of amides is 2. The summed E-state index contributed by atoms with van der Waals surface area (Å²) in [5.41, 5.74) is 4.37. The molecular formula is C27H32N2O6. The van der Waals surface area contributed by atoms with Crippen LogP contribution in [0.5, 0.6) is 0 Å². The molecule has 4 rings (SSSR count). The molecule has 2 aromatic carbocycles. The largest absolute Gasteiger partial charge is 0.481 e. The summed E-state index contributed by atoms with van der Waals surface area (Å²) in [5.74, 6) is -1.16. The molecule has 2 amide bonds. The van der Waals surface area contributed by atoms with E-state index in [9.17, 15) is 14.4 Å². The molecule has 2 aromatic rings. The average Bonchev–Trinajstić information content (AvgIpc) is 3.15. The van der Waals surface area contributed by atoms with Crippen molar-refractivity contribution in [3.8, 4) is 11.1 Å². The lowest BCUT2D eigenvalue weighted by Crippen LogP contribution is -2.46. The van der Waals surface area contributed by atoms with Crippen LogP contribution >= 0.6 is 0 Å². The quantitative estimate of drug-likeness (QED) is 0.452. The van der Waals surface area contributed by atoms with Gasteiger partial charge in [0.25, 0.3) is 0 Å². The fourth-order valence-corrected chi connectivity index (χ4v) is 5.07. The summed E-state index contributed by atoms with van der Waals surface area (Å²) >= 11 is 0. The molecule has 0 heterocycles. The summed E-state index contributed by atoms with van der Waals surface area (Å²) in [4.78, 5) is 35.9. The first kappa shape index (κ1) is 24.7. The maximum Gasteiger partial charge on any atom is 0.407 e. The highest BCUT2D eigenvalue weighted by molar-refractivity contribution is 5.79. The molecule has 0 saturated heterocycles. The third kappa shape index (κ3) is 5.82. The van der Waals surface area contributed by atoms with Gasteiger partial charge in [-0.05, 0) is 40.5 Å². The molecule has 0 aliphatic heterocycles. The van der Waals surface area contributed by atoms with E-state index in [0.29, 0.717) is 6.54 Å². The van der Waals surface area contributed by atoms with Gasteiger partial charge in [0.15, 0.2) is 0 Å². The molecule has 1 atom stereocenters. The van der Waals surface area contributed by atoms with E-state index in [-0.39, 0.29) is 43.2 Å².